The Labute approximate surface area is 124 Å². The van der Waals surface area contributed by atoms with Gasteiger partial charge in [-0.05, 0) is 26.0 Å². The third kappa shape index (κ3) is 4.57. The molecule has 1 saturated heterocycles. The van der Waals surface area contributed by atoms with E-state index in [1.807, 2.05) is 0 Å². The van der Waals surface area contributed by atoms with Crippen molar-refractivity contribution >= 4 is 12.0 Å². The van der Waals surface area contributed by atoms with E-state index in [0.29, 0.717) is 12.2 Å². The highest BCUT2D eigenvalue weighted by molar-refractivity contribution is 5.79. The highest BCUT2D eigenvalue weighted by atomic mass is 16.6. The molecule has 0 aromatic rings. The van der Waals surface area contributed by atoms with Gasteiger partial charge in [0.1, 0.15) is 12.7 Å². The van der Waals surface area contributed by atoms with Crippen LogP contribution in [0.1, 0.15) is 13.8 Å². The molecule has 118 valence electrons. The van der Waals surface area contributed by atoms with E-state index < -0.39 is 12.2 Å². The molecule has 0 saturated carbocycles. The summed E-state index contributed by atoms with van der Waals surface area (Å²) in [5, 5.41) is 8.99. The van der Waals surface area contributed by atoms with Gasteiger partial charge in [0.2, 0.25) is 0 Å². The fourth-order valence-corrected chi connectivity index (χ4v) is 1.76. The first-order valence-electron chi connectivity index (χ1n) is 6.60. The Balaban J connectivity index is 2.71. The molecule has 1 unspecified atom stereocenters. The fourth-order valence-electron chi connectivity index (χ4n) is 1.76. The quantitative estimate of drug-likeness (QED) is 0.731. The maximum Gasteiger partial charge on any atom is 0.414 e. The van der Waals surface area contributed by atoms with Gasteiger partial charge in [0.25, 0.3) is 5.91 Å². The normalized spacial score (nSPS) is 19.8. The first-order valence-corrected chi connectivity index (χ1v) is 6.60. The molecule has 7 nitrogen and oxygen atoms in total. The van der Waals surface area contributed by atoms with Crippen molar-refractivity contribution in [1.82, 2.24) is 9.80 Å². The molecule has 2 amide bonds. The molecule has 1 fully saturated rings. The van der Waals surface area contributed by atoms with Crippen LogP contribution in [0.2, 0.25) is 0 Å². The molecule has 1 N–H and O–H groups in total. The Morgan fingerprint density at radius 3 is 2.71 bits per heavy atom. The van der Waals surface area contributed by atoms with E-state index in [0.717, 1.165) is 5.70 Å². The van der Waals surface area contributed by atoms with Gasteiger partial charge in [-0.3, -0.25) is 9.69 Å². The van der Waals surface area contributed by atoms with Crippen LogP contribution in [0.5, 0.6) is 0 Å². The largest absolute Gasteiger partial charge is 0.441 e. The third-order valence-corrected chi connectivity index (χ3v) is 3.24. The highest BCUT2D eigenvalue weighted by Crippen LogP contribution is 2.17. The lowest BCUT2D eigenvalue weighted by Crippen LogP contribution is -2.28. The minimum atomic E-state index is -0.489. The van der Waals surface area contributed by atoms with Gasteiger partial charge >= 0.3 is 6.09 Å². The summed E-state index contributed by atoms with van der Waals surface area (Å²) in [6.45, 7) is 3.70. The molecule has 0 aromatic heterocycles. The van der Waals surface area contributed by atoms with Crippen molar-refractivity contribution in [3.8, 4) is 0 Å². The molecule has 1 rings (SSSR count). The number of hydrogen-bond acceptors (Lipinski definition) is 5. The summed E-state index contributed by atoms with van der Waals surface area (Å²) in [6.07, 6.45) is 2.50. The van der Waals surface area contributed by atoms with Gasteiger partial charge in [-0.25, -0.2) is 4.79 Å². The molecule has 1 heterocycles. The van der Waals surface area contributed by atoms with Crippen LogP contribution in [0.15, 0.2) is 23.5 Å². The first-order chi connectivity index (χ1) is 9.90. The number of aliphatic hydroxyl groups excluding tert-OH is 1. The van der Waals surface area contributed by atoms with Gasteiger partial charge in [-0.2, -0.15) is 0 Å². The van der Waals surface area contributed by atoms with Gasteiger partial charge in [0.05, 0.1) is 13.2 Å². The van der Waals surface area contributed by atoms with Crippen molar-refractivity contribution in [1.29, 1.82) is 0 Å². The molecule has 0 spiro atoms. The minimum Gasteiger partial charge on any atom is -0.441 e. The summed E-state index contributed by atoms with van der Waals surface area (Å²) in [7, 11) is 3.12. The monoisotopic (exact) mass is 298 g/mol. The summed E-state index contributed by atoms with van der Waals surface area (Å²) < 4.78 is 9.76. The van der Waals surface area contributed by atoms with Crippen LogP contribution in [-0.4, -0.2) is 66.9 Å². The number of cyclic esters (lactones) is 1. The van der Waals surface area contributed by atoms with Gasteiger partial charge in [-0.15, -0.1) is 0 Å². The van der Waals surface area contributed by atoms with E-state index in [-0.39, 0.29) is 19.1 Å². The van der Waals surface area contributed by atoms with Crippen LogP contribution in [0.4, 0.5) is 4.79 Å². The molecule has 7 heteroatoms. The van der Waals surface area contributed by atoms with E-state index in [1.54, 1.807) is 33.0 Å². The third-order valence-electron chi connectivity index (χ3n) is 3.24. The Kier molecular flexibility index (Phi) is 6.39. The minimum absolute atomic E-state index is 0.0149. The van der Waals surface area contributed by atoms with Crippen LogP contribution in [0.25, 0.3) is 0 Å². The van der Waals surface area contributed by atoms with E-state index in [9.17, 15) is 9.59 Å². The zero-order valence-electron chi connectivity index (χ0n) is 12.8. The van der Waals surface area contributed by atoms with Gasteiger partial charge in [0.15, 0.2) is 0 Å². The van der Waals surface area contributed by atoms with Crippen LogP contribution < -0.4 is 0 Å². The number of carbonyl (C=O) groups is 2. The topological polar surface area (TPSA) is 79.3 Å². The number of ether oxygens (including phenoxy) is 2. The van der Waals surface area contributed by atoms with Crippen molar-refractivity contribution in [2.75, 3.05) is 33.9 Å². The van der Waals surface area contributed by atoms with Crippen molar-refractivity contribution < 1.29 is 24.2 Å². The number of aliphatic hydroxyl groups is 1. The van der Waals surface area contributed by atoms with Crippen molar-refractivity contribution in [3.63, 3.8) is 0 Å². The van der Waals surface area contributed by atoms with Crippen molar-refractivity contribution in [2.45, 2.75) is 20.0 Å². The van der Waals surface area contributed by atoms with Crippen molar-refractivity contribution in [3.05, 3.63) is 23.5 Å². The van der Waals surface area contributed by atoms with Gasteiger partial charge in [0, 0.05) is 25.6 Å². The zero-order valence-corrected chi connectivity index (χ0v) is 12.8. The second-order valence-corrected chi connectivity index (χ2v) is 4.80. The molecular formula is C14H22N2O5. The Morgan fingerprint density at radius 1 is 1.52 bits per heavy atom. The number of carbonyl (C=O) groups excluding carboxylic acids is 2. The first kappa shape index (κ1) is 17.2. The number of likely N-dealkylation sites (N-methyl/N-ethyl adjacent to an activating group) is 1. The number of allylic oxidation sites excluding steroid dienone is 4. The van der Waals surface area contributed by atoms with E-state index in [2.05, 4.69) is 0 Å². The predicted octanol–water partition coefficient (Wildman–Crippen LogP) is 0.712. The average Bonchev–Trinajstić information content (AvgIpc) is 2.85. The SMILES string of the molecule is COCC(=O)N(C)/C(C)=C/C=C(\C)N1CC(CO)OC1=O. The van der Waals surface area contributed by atoms with Crippen LogP contribution >= 0.6 is 0 Å². The molecule has 1 aliphatic heterocycles. The molecule has 0 bridgehead atoms. The standard InChI is InChI=1S/C14H22N2O5/c1-10(15(3)13(18)9-20-4)5-6-11(2)16-7-12(8-17)21-14(16)19/h5-6,12,17H,7-9H2,1-4H3/b10-5+,11-6+. The molecule has 21 heavy (non-hydrogen) atoms. The molecular weight excluding hydrogens is 276 g/mol. The Morgan fingerprint density at radius 2 is 2.19 bits per heavy atom. The summed E-state index contributed by atoms with van der Waals surface area (Å²) in [6, 6.07) is 0. The molecule has 1 aliphatic rings. The van der Waals surface area contributed by atoms with E-state index in [1.165, 1.54) is 16.9 Å². The lowest BCUT2D eigenvalue weighted by atomic mass is 10.3. The maximum absolute atomic E-state index is 11.6. The van der Waals surface area contributed by atoms with Crippen LogP contribution in [-0.2, 0) is 14.3 Å². The van der Waals surface area contributed by atoms with Crippen LogP contribution in [0, 0.1) is 0 Å². The van der Waals surface area contributed by atoms with Crippen molar-refractivity contribution in [2.24, 2.45) is 0 Å². The van der Waals surface area contributed by atoms with Gasteiger partial charge < -0.3 is 19.5 Å². The number of hydrogen-bond donors (Lipinski definition) is 1. The molecule has 0 aromatic carbocycles. The summed E-state index contributed by atoms with van der Waals surface area (Å²) in [5.41, 5.74) is 1.41. The zero-order chi connectivity index (χ0) is 16.0. The number of nitrogens with zero attached hydrogens (tertiary/aromatic N) is 2. The van der Waals surface area contributed by atoms with E-state index >= 15 is 0 Å². The highest BCUT2D eigenvalue weighted by Gasteiger charge is 2.31. The summed E-state index contributed by atoms with van der Waals surface area (Å²) in [5.74, 6) is -0.154. The Bertz CT molecular complexity index is 458. The lowest BCUT2D eigenvalue weighted by Gasteiger charge is -2.17. The average molecular weight is 298 g/mol. The number of methoxy groups -OCH3 is 1. The lowest BCUT2D eigenvalue weighted by molar-refractivity contribution is -0.131. The summed E-state index contributed by atoms with van der Waals surface area (Å²) in [4.78, 5) is 26.2. The number of rotatable bonds is 6. The second kappa shape index (κ2) is 7.80. The maximum atomic E-state index is 11.6. The smallest absolute Gasteiger partial charge is 0.414 e. The van der Waals surface area contributed by atoms with E-state index in [4.69, 9.17) is 14.6 Å². The van der Waals surface area contributed by atoms with Crippen LogP contribution in [0.3, 0.4) is 0 Å². The summed E-state index contributed by atoms with van der Waals surface area (Å²) >= 11 is 0. The fraction of sp³-hybridized carbons (Fsp3) is 0.571. The van der Waals surface area contributed by atoms with Gasteiger partial charge in [-0.1, -0.05) is 0 Å². The molecule has 0 aliphatic carbocycles. The molecule has 1 atom stereocenters. The Hall–Kier alpha value is -1.86. The number of amides is 2. The second-order valence-electron chi connectivity index (χ2n) is 4.80. The molecule has 0 radical (unpaired) electrons. The predicted molar refractivity (Wildman–Crippen MR) is 76.2 cm³/mol.